The molecule has 8 nitrogen and oxygen atoms in total. The average Bonchev–Trinajstić information content (AvgIpc) is 3.39. The second-order valence-electron chi connectivity index (χ2n) is 7.11. The molecule has 27 heavy (non-hydrogen) atoms. The highest BCUT2D eigenvalue weighted by Gasteiger charge is 2.28. The molecule has 140 valence electrons. The summed E-state index contributed by atoms with van der Waals surface area (Å²) in [5.41, 5.74) is 2.47. The minimum atomic E-state index is -0.0482. The summed E-state index contributed by atoms with van der Waals surface area (Å²) in [6.45, 7) is 2.46. The number of nitrogens with zero attached hydrogens (tertiary/aromatic N) is 5. The molecule has 2 aromatic heterocycles. The molecule has 0 spiro atoms. The Hall–Kier alpha value is -3.03. The minimum Gasteiger partial charge on any atom is -0.497 e. The zero-order valence-electron chi connectivity index (χ0n) is 15.6. The number of rotatable bonds is 6. The van der Waals surface area contributed by atoms with Gasteiger partial charge in [0.1, 0.15) is 5.75 Å². The quantitative estimate of drug-likeness (QED) is 0.720. The molecule has 2 heterocycles. The van der Waals surface area contributed by atoms with Gasteiger partial charge < -0.3 is 9.64 Å². The van der Waals surface area contributed by atoms with Crippen LogP contribution < -0.4 is 4.74 Å². The number of aromatic amines is 1. The Morgan fingerprint density at radius 2 is 2.19 bits per heavy atom. The first-order valence-corrected chi connectivity index (χ1v) is 9.04. The lowest BCUT2D eigenvalue weighted by Crippen LogP contribution is -2.31. The molecular weight excluding hydrogens is 344 g/mol. The van der Waals surface area contributed by atoms with Crippen LogP contribution in [-0.4, -0.2) is 57.1 Å². The number of pyridine rings is 1. The summed E-state index contributed by atoms with van der Waals surface area (Å²) in [6, 6.07) is 7.61. The van der Waals surface area contributed by atoms with Gasteiger partial charge in [0.2, 0.25) is 0 Å². The van der Waals surface area contributed by atoms with Crippen molar-refractivity contribution in [2.45, 2.75) is 31.6 Å². The van der Waals surface area contributed by atoms with Gasteiger partial charge in [-0.25, -0.2) is 0 Å². The first kappa shape index (κ1) is 17.4. The van der Waals surface area contributed by atoms with Gasteiger partial charge in [0.25, 0.3) is 5.91 Å². The van der Waals surface area contributed by atoms with Crippen molar-refractivity contribution in [3.8, 4) is 5.75 Å². The van der Waals surface area contributed by atoms with Crippen molar-refractivity contribution in [2.24, 2.45) is 0 Å². The number of H-pyrrole nitrogens is 1. The molecule has 1 atom stereocenters. The lowest BCUT2D eigenvalue weighted by molar-refractivity contribution is 0.0789. The molecule has 1 amide bonds. The van der Waals surface area contributed by atoms with Gasteiger partial charge in [0.15, 0.2) is 5.82 Å². The maximum absolute atomic E-state index is 13.3. The van der Waals surface area contributed by atoms with Gasteiger partial charge in [-0.2, -0.15) is 5.21 Å². The molecule has 8 heteroatoms. The van der Waals surface area contributed by atoms with E-state index in [1.165, 1.54) is 0 Å². The maximum atomic E-state index is 13.3. The smallest absolute Gasteiger partial charge is 0.254 e. The number of ether oxygens (including phenoxy) is 1. The summed E-state index contributed by atoms with van der Waals surface area (Å²) < 4.78 is 5.34. The molecule has 1 N–H and O–H groups in total. The third kappa shape index (κ3) is 3.47. The lowest BCUT2D eigenvalue weighted by atomic mass is 10.0. The van der Waals surface area contributed by atoms with E-state index in [-0.39, 0.29) is 11.8 Å². The number of methoxy groups -OCH3 is 1. The highest BCUT2D eigenvalue weighted by atomic mass is 16.5. The number of benzene rings is 1. The van der Waals surface area contributed by atoms with Crippen molar-refractivity contribution in [3.63, 3.8) is 0 Å². The number of nitrogens with one attached hydrogen (secondary N) is 1. The van der Waals surface area contributed by atoms with E-state index >= 15 is 0 Å². The van der Waals surface area contributed by atoms with Crippen LogP contribution in [0.1, 0.15) is 53.5 Å². The van der Waals surface area contributed by atoms with Crippen molar-refractivity contribution in [1.82, 2.24) is 30.5 Å². The van der Waals surface area contributed by atoms with Gasteiger partial charge >= 0.3 is 0 Å². The molecular formula is C19H22N6O2. The molecule has 1 fully saturated rings. The van der Waals surface area contributed by atoms with Crippen molar-refractivity contribution >= 4 is 16.8 Å². The Morgan fingerprint density at radius 3 is 2.85 bits per heavy atom. The van der Waals surface area contributed by atoms with Crippen LogP contribution in [0.4, 0.5) is 0 Å². The number of hydrogen-bond acceptors (Lipinski definition) is 6. The third-order valence-electron chi connectivity index (χ3n) is 4.96. The number of carbonyl (C=O) groups is 1. The summed E-state index contributed by atoms with van der Waals surface area (Å²) in [5.74, 6) is 1.69. The lowest BCUT2D eigenvalue weighted by Gasteiger charge is -2.21. The van der Waals surface area contributed by atoms with Crippen LogP contribution in [0, 0.1) is 0 Å². The maximum Gasteiger partial charge on any atom is 0.254 e. The number of likely N-dealkylation sites (N-methyl/N-ethyl adjacent to an activating group) is 1. The predicted octanol–water partition coefficient (Wildman–Crippen LogP) is 2.51. The normalized spacial score (nSPS) is 14.9. The molecule has 0 aliphatic heterocycles. The number of tetrazole rings is 1. The zero-order valence-corrected chi connectivity index (χ0v) is 15.6. The Bertz CT molecular complexity index is 968. The van der Waals surface area contributed by atoms with E-state index in [0.717, 1.165) is 29.4 Å². The molecule has 1 unspecified atom stereocenters. The second kappa shape index (κ2) is 6.94. The van der Waals surface area contributed by atoms with Crippen LogP contribution in [-0.2, 0) is 0 Å². The summed E-state index contributed by atoms with van der Waals surface area (Å²) in [5, 5.41) is 14.9. The predicted molar refractivity (Wildman–Crippen MR) is 99.8 cm³/mol. The molecule has 1 aliphatic rings. The summed E-state index contributed by atoms with van der Waals surface area (Å²) >= 11 is 0. The minimum absolute atomic E-state index is 0.0248. The summed E-state index contributed by atoms with van der Waals surface area (Å²) in [7, 11) is 3.41. The summed E-state index contributed by atoms with van der Waals surface area (Å²) in [6.07, 6.45) is 2.26. The van der Waals surface area contributed by atoms with E-state index in [1.54, 1.807) is 19.1 Å². The summed E-state index contributed by atoms with van der Waals surface area (Å²) in [4.78, 5) is 19.7. The Kier molecular flexibility index (Phi) is 4.47. The van der Waals surface area contributed by atoms with Crippen LogP contribution in [0.3, 0.4) is 0 Å². The molecule has 0 saturated heterocycles. The molecule has 1 aromatic carbocycles. The van der Waals surface area contributed by atoms with Crippen LogP contribution in [0.2, 0.25) is 0 Å². The van der Waals surface area contributed by atoms with Crippen molar-refractivity contribution in [3.05, 3.63) is 41.3 Å². The van der Waals surface area contributed by atoms with Crippen molar-refractivity contribution < 1.29 is 9.53 Å². The first-order chi connectivity index (χ1) is 13.1. The highest BCUT2D eigenvalue weighted by Crippen LogP contribution is 2.40. The highest BCUT2D eigenvalue weighted by molar-refractivity contribution is 6.06. The number of amides is 1. The first-order valence-electron chi connectivity index (χ1n) is 9.04. The number of carbonyl (C=O) groups excluding carboxylic acids is 1. The Labute approximate surface area is 156 Å². The number of aromatic nitrogens is 5. The molecule has 0 radical (unpaired) electrons. The van der Waals surface area contributed by atoms with E-state index in [2.05, 4.69) is 20.6 Å². The Balaban J connectivity index is 1.68. The second-order valence-corrected chi connectivity index (χ2v) is 7.11. The van der Waals surface area contributed by atoms with E-state index in [1.807, 2.05) is 31.2 Å². The third-order valence-corrected chi connectivity index (χ3v) is 4.96. The largest absolute Gasteiger partial charge is 0.497 e. The van der Waals surface area contributed by atoms with Gasteiger partial charge in [-0.1, -0.05) is 12.1 Å². The van der Waals surface area contributed by atoms with E-state index in [0.29, 0.717) is 29.6 Å². The topological polar surface area (TPSA) is 96.9 Å². The average molecular weight is 366 g/mol. The fourth-order valence-corrected chi connectivity index (χ4v) is 3.28. The van der Waals surface area contributed by atoms with Crippen molar-refractivity contribution in [2.75, 3.05) is 20.7 Å². The van der Waals surface area contributed by atoms with E-state index < -0.39 is 0 Å². The fraction of sp³-hybridized carbons (Fsp3) is 0.421. The van der Waals surface area contributed by atoms with E-state index in [4.69, 9.17) is 9.72 Å². The van der Waals surface area contributed by atoms with Crippen LogP contribution in [0.25, 0.3) is 10.9 Å². The monoisotopic (exact) mass is 366 g/mol. The molecule has 0 bridgehead atoms. The molecule has 1 aliphatic carbocycles. The van der Waals surface area contributed by atoms with Gasteiger partial charge in [-0.05, 0) is 37.1 Å². The molecule has 1 saturated carbocycles. The number of fused-ring (bicyclic) bond motifs is 1. The molecule has 4 rings (SSSR count). The Morgan fingerprint density at radius 1 is 1.37 bits per heavy atom. The van der Waals surface area contributed by atoms with Crippen LogP contribution in [0.5, 0.6) is 5.75 Å². The standard InChI is InChI=1S/C19H22N6O2/c1-11(18-21-23-24-22-18)10-25(2)19(26)15-9-17(12-4-5-12)20-16-7-6-13(27-3)8-14(15)16/h6-9,11-12H,4-5,10H2,1-3H3,(H,21,22,23,24). The van der Waals surface area contributed by atoms with Gasteiger partial charge in [0, 0.05) is 36.5 Å². The van der Waals surface area contributed by atoms with Gasteiger partial charge in [-0.15, -0.1) is 10.2 Å². The van der Waals surface area contributed by atoms with Gasteiger partial charge in [-0.3, -0.25) is 9.78 Å². The number of hydrogen-bond donors (Lipinski definition) is 1. The van der Waals surface area contributed by atoms with Crippen molar-refractivity contribution in [1.29, 1.82) is 0 Å². The fourth-order valence-electron chi connectivity index (χ4n) is 3.28. The molecule has 3 aromatic rings. The SMILES string of the molecule is COc1ccc2nc(C3CC3)cc(C(=O)N(C)CC(C)c3nn[nH]n3)c2c1. The van der Waals surface area contributed by atoms with Gasteiger partial charge in [0.05, 0.1) is 18.2 Å². The van der Waals surface area contributed by atoms with Crippen LogP contribution >= 0.6 is 0 Å². The van der Waals surface area contributed by atoms with E-state index in [9.17, 15) is 4.79 Å². The zero-order chi connectivity index (χ0) is 19.0. The van der Waals surface area contributed by atoms with Crippen LogP contribution in [0.15, 0.2) is 24.3 Å².